The molecule has 0 amide bonds. The predicted molar refractivity (Wildman–Crippen MR) is 99.4 cm³/mol. The predicted octanol–water partition coefficient (Wildman–Crippen LogP) is 4.43. The molecule has 1 aliphatic carbocycles. The van der Waals surface area contributed by atoms with Crippen LogP contribution >= 0.6 is 32.4 Å². The van der Waals surface area contributed by atoms with Crippen LogP contribution in [0.1, 0.15) is 51.2 Å². The summed E-state index contributed by atoms with van der Waals surface area (Å²) in [6.45, 7) is 5.23. The van der Waals surface area contributed by atoms with E-state index in [9.17, 15) is 5.11 Å². The lowest BCUT2D eigenvalue weighted by molar-refractivity contribution is 0.0723. The molecule has 0 saturated heterocycles. The summed E-state index contributed by atoms with van der Waals surface area (Å²) in [5.41, 5.74) is 1.09. The highest BCUT2D eigenvalue weighted by Gasteiger charge is 2.30. The van der Waals surface area contributed by atoms with Crippen molar-refractivity contribution in [2.24, 2.45) is 5.41 Å². The molecule has 1 N–H and O–H groups in total. The third kappa shape index (κ3) is 4.58. The zero-order valence-electron chi connectivity index (χ0n) is 13.6. The highest BCUT2D eigenvalue weighted by atomic mass is 35.5. The Morgan fingerprint density at radius 3 is 2.27 bits per heavy atom. The van der Waals surface area contributed by atoms with Gasteiger partial charge in [-0.25, -0.2) is 0 Å². The summed E-state index contributed by atoms with van der Waals surface area (Å²) < 4.78 is 0. The van der Waals surface area contributed by atoms with Crippen LogP contribution in [0.5, 0.6) is 0 Å². The van der Waals surface area contributed by atoms with E-state index in [-0.39, 0.29) is 0 Å². The lowest BCUT2D eigenvalue weighted by Gasteiger charge is -2.39. The van der Waals surface area contributed by atoms with Crippen molar-refractivity contribution in [1.29, 1.82) is 0 Å². The van der Waals surface area contributed by atoms with Gasteiger partial charge in [0.2, 0.25) is 0 Å². The van der Waals surface area contributed by atoms with Gasteiger partial charge in [-0.1, -0.05) is 37.0 Å². The normalized spacial score (nSPS) is 20.4. The minimum Gasteiger partial charge on any atom is -0.387 e. The van der Waals surface area contributed by atoms with Gasteiger partial charge in [0.25, 0.3) is 0 Å². The molecule has 124 valence electrons. The lowest BCUT2D eigenvalue weighted by Crippen LogP contribution is -2.39. The molecule has 0 radical (unpaired) electrons. The van der Waals surface area contributed by atoms with E-state index in [0.717, 1.165) is 5.30 Å². The van der Waals surface area contributed by atoms with E-state index >= 15 is 0 Å². The first-order chi connectivity index (χ1) is 10.2. The summed E-state index contributed by atoms with van der Waals surface area (Å²) in [4.78, 5) is 2.25. The number of aliphatic hydroxyl groups excluding tert-OH is 1. The van der Waals surface area contributed by atoms with Crippen molar-refractivity contribution in [1.82, 2.24) is 4.90 Å². The Hall–Kier alpha value is 0.150. The third-order valence-electron chi connectivity index (χ3n) is 4.83. The standard InChI is InChI=1S/C17H26Cl2NOP/c1-17(2)6-4-11(5-7-17)20(3)10-15(21)16-13(18)8-12(22)9-14(16)19/h8-9,11,15,21H,4-7,10,22H2,1-3H3. The number of hydrogen-bond donors (Lipinski definition) is 1. The molecule has 0 bridgehead atoms. The van der Waals surface area contributed by atoms with Gasteiger partial charge < -0.3 is 10.0 Å². The summed E-state index contributed by atoms with van der Waals surface area (Å²) in [5.74, 6) is 0. The van der Waals surface area contributed by atoms with E-state index in [4.69, 9.17) is 23.2 Å². The van der Waals surface area contributed by atoms with Crippen LogP contribution in [0.4, 0.5) is 0 Å². The zero-order chi connectivity index (χ0) is 16.5. The Labute approximate surface area is 146 Å². The Bertz CT molecular complexity index is 502. The van der Waals surface area contributed by atoms with E-state index in [2.05, 4.69) is 35.0 Å². The van der Waals surface area contributed by atoms with E-state index in [1.165, 1.54) is 25.7 Å². The van der Waals surface area contributed by atoms with Crippen molar-refractivity contribution >= 4 is 37.7 Å². The van der Waals surface area contributed by atoms with E-state index in [1.807, 2.05) is 12.1 Å². The quantitative estimate of drug-likeness (QED) is 0.802. The maximum Gasteiger partial charge on any atom is 0.0945 e. The Balaban J connectivity index is 2.02. The van der Waals surface area contributed by atoms with E-state index in [1.54, 1.807) is 0 Å². The van der Waals surface area contributed by atoms with Gasteiger partial charge in [0, 0.05) is 28.2 Å². The average molecular weight is 362 g/mol. The molecular weight excluding hydrogens is 336 g/mol. The molecule has 0 spiro atoms. The van der Waals surface area contributed by atoms with Crippen molar-refractivity contribution in [2.45, 2.75) is 51.7 Å². The first-order valence-corrected chi connectivity index (χ1v) is 9.15. The Kier molecular flexibility index (Phi) is 6.19. The highest BCUT2D eigenvalue weighted by molar-refractivity contribution is 7.27. The first-order valence-electron chi connectivity index (χ1n) is 7.82. The number of likely N-dealkylation sites (N-methyl/N-ethyl adjacent to an activating group) is 1. The smallest absolute Gasteiger partial charge is 0.0945 e. The topological polar surface area (TPSA) is 23.5 Å². The second-order valence-electron chi connectivity index (χ2n) is 7.25. The SMILES string of the molecule is CN(CC(O)c1c(Cl)cc(P)cc1Cl)C1CCC(C)(C)CC1. The molecule has 1 aromatic carbocycles. The molecule has 0 aromatic heterocycles. The number of halogens is 2. The molecule has 1 saturated carbocycles. The highest BCUT2D eigenvalue weighted by Crippen LogP contribution is 2.37. The summed E-state index contributed by atoms with van der Waals surface area (Å²) >= 11 is 12.5. The number of benzene rings is 1. The van der Waals surface area contributed by atoms with Gasteiger partial charge in [0.05, 0.1) is 6.10 Å². The van der Waals surface area contributed by atoms with Gasteiger partial charge in [-0.2, -0.15) is 0 Å². The molecule has 1 aromatic rings. The third-order valence-corrected chi connectivity index (χ3v) is 5.79. The molecule has 2 unspecified atom stereocenters. The van der Waals surface area contributed by atoms with Crippen LogP contribution in [0.25, 0.3) is 0 Å². The van der Waals surface area contributed by atoms with Crippen LogP contribution in [0.15, 0.2) is 12.1 Å². The molecule has 0 aliphatic heterocycles. The molecule has 5 heteroatoms. The minimum absolute atomic E-state index is 0.456. The molecule has 1 fully saturated rings. The maximum absolute atomic E-state index is 10.6. The fraction of sp³-hybridized carbons (Fsp3) is 0.647. The van der Waals surface area contributed by atoms with Crippen molar-refractivity contribution in [3.8, 4) is 0 Å². The van der Waals surface area contributed by atoms with Gasteiger partial charge >= 0.3 is 0 Å². The molecule has 22 heavy (non-hydrogen) atoms. The monoisotopic (exact) mass is 361 g/mol. The van der Waals surface area contributed by atoms with Crippen molar-refractivity contribution < 1.29 is 5.11 Å². The Morgan fingerprint density at radius 1 is 1.27 bits per heavy atom. The first kappa shape index (κ1) is 18.5. The van der Waals surface area contributed by atoms with Gasteiger partial charge in [-0.15, -0.1) is 9.24 Å². The van der Waals surface area contributed by atoms with E-state index < -0.39 is 6.10 Å². The van der Waals surface area contributed by atoms with Crippen LogP contribution in [0, 0.1) is 5.41 Å². The second-order valence-corrected chi connectivity index (χ2v) is 8.73. The van der Waals surface area contributed by atoms with Gasteiger partial charge in [0.1, 0.15) is 0 Å². The molecule has 2 nitrogen and oxygen atoms in total. The number of nitrogens with zero attached hydrogens (tertiary/aromatic N) is 1. The second kappa shape index (κ2) is 7.36. The fourth-order valence-electron chi connectivity index (χ4n) is 3.26. The van der Waals surface area contributed by atoms with Crippen molar-refractivity contribution in [3.05, 3.63) is 27.7 Å². The van der Waals surface area contributed by atoms with Gasteiger partial charge in [-0.05, 0) is 55.6 Å². The van der Waals surface area contributed by atoms with Crippen LogP contribution < -0.4 is 5.30 Å². The zero-order valence-corrected chi connectivity index (χ0v) is 16.2. The Morgan fingerprint density at radius 2 is 1.77 bits per heavy atom. The van der Waals surface area contributed by atoms with Crippen molar-refractivity contribution in [3.63, 3.8) is 0 Å². The fourth-order valence-corrected chi connectivity index (χ4v) is 4.56. The number of hydrogen-bond acceptors (Lipinski definition) is 2. The van der Waals surface area contributed by atoms with Gasteiger partial charge in [0.15, 0.2) is 0 Å². The molecule has 2 rings (SSSR count). The van der Waals surface area contributed by atoms with Crippen molar-refractivity contribution in [2.75, 3.05) is 13.6 Å². The van der Waals surface area contributed by atoms with Crippen LogP contribution in [0.3, 0.4) is 0 Å². The summed E-state index contributed by atoms with van der Waals surface area (Å²) in [6.07, 6.45) is 4.18. The van der Waals surface area contributed by atoms with Gasteiger partial charge in [-0.3, -0.25) is 0 Å². The lowest BCUT2D eigenvalue weighted by atomic mass is 9.75. The molecule has 2 atom stereocenters. The minimum atomic E-state index is -0.662. The number of rotatable bonds is 4. The average Bonchev–Trinajstić information content (AvgIpc) is 2.36. The largest absolute Gasteiger partial charge is 0.387 e. The molecule has 1 aliphatic rings. The summed E-state index contributed by atoms with van der Waals surface area (Å²) in [6, 6.07) is 4.17. The summed E-state index contributed by atoms with van der Waals surface area (Å²) in [7, 11) is 4.66. The maximum atomic E-state index is 10.6. The van der Waals surface area contributed by atoms with Crippen LogP contribution in [-0.4, -0.2) is 29.6 Å². The van der Waals surface area contributed by atoms with Crippen LogP contribution in [-0.2, 0) is 0 Å². The van der Waals surface area contributed by atoms with E-state index in [0.29, 0.717) is 33.6 Å². The number of aliphatic hydroxyl groups is 1. The molecular formula is C17H26Cl2NOP. The van der Waals surface area contributed by atoms with Crippen LogP contribution in [0.2, 0.25) is 10.0 Å². The molecule has 0 heterocycles. The summed E-state index contributed by atoms with van der Waals surface area (Å²) in [5, 5.41) is 12.5.